The van der Waals surface area contributed by atoms with E-state index in [9.17, 15) is 14.4 Å². The number of anilines is 1. The molecule has 1 fully saturated rings. The summed E-state index contributed by atoms with van der Waals surface area (Å²) < 4.78 is 0. The number of carbonyl (C=O) groups is 3. The number of piperidine rings is 1. The molecule has 0 saturated carbocycles. The van der Waals surface area contributed by atoms with E-state index in [1.54, 1.807) is 18.2 Å². The highest BCUT2D eigenvalue weighted by Gasteiger charge is 2.24. The first kappa shape index (κ1) is 19.5. The van der Waals surface area contributed by atoms with Gasteiger partial charge in [0.2, 0.25) is 0 Å². The molecule has 1 unspecified atom stereocenters. The van der Waals surface area contributed by atoms with E-state index < -0.39 is 11.9 Å². The number of aromatic nitrogens is 1. The Morgan fingerprint density at radius 2 is 1.93 bits per heavy atom. The average Bonchev–Trinajstić information content (AvgIpc) is 2.69. The van der Waals surface area contributed by atoms with Crippen molar-refractivity contribution in [2.24, 2.45) is 0 Å². The van der Waals surface area contributed by atoms with Crippen molar-refractivity contribution in [1.82, 2.24) is 9.88 Å². The van der Waals surface area contributed by atoms with Crippen LogP contribution in [0.4, 0.5) is 5.69 Å². The van der Waals surface area contributed by atoms with Crippen LogP contribution >= 0.6 is 0 Å². The number of nitrogens with zero attached hydrogens (tertiary/aromatic N) is 2. The molecule has 0 bridgehead atoms. The number of benzene rings is 1. The molecule has 2 N–H and O–H groups in total. The summed E-state index contributed by atoms with van der Waals surface area (Å²) in [5, 5.41) is 11.8. The predicted octanol–water partition coefficient (Wildman–Crippen LogP) is 3.36. The zero-order valence-electron chi connectivity index (χ0n) is 15.9. The zero-order chi connectivity index (χ0) is 20.3. The molecule has 2 heterocycles. The molecule has 0 spiro atoms. The number of nitrogens with one attached hydrogen (secondary N) is 1. The number of hydrogen-bond acceptors (Lipinski definition) is 4. The molecule has 1 saturated heterocycles. The first-order chi connectivity index (χ1) is 13.4. The molecule has 7 heteroatoms. The second kappa shape index (κ2) is 8.21. The van der Waals surface area contributed by atoms with Gasteiger partial charge in [0, 0.05) is 30.0 Å². The molecule has 146 valence electrons. The molecule has 0 radical (unpaired) electrons. The number of aryl methyl sites for hydroxylation is 1. The molecule has 3 rings (SSSR count). The monoisotopic (exact) mass is 381 g/mol. The maximum Gasteiger partial charge on any atom is 0.335 e. The molecule has 1 aliphatic heterocycles. The molecule has 2 amide bonds. The summed E-state index contributed by atoms with van der Waals surface area (Å²) in [6.07, 6.45) is 4.46. The van der Waals surface area contributed by atoms with Crippen molar-refractivity contribution in [1.29, 1.82) is 0 Å². The van der Waals surface area contributed by atoms with Crippen LogP contribution in [0.1, 0.15) is 63.0 Å². The van der Waals surface area contributed by atoms with Gasteiger partial charge < -0.3 is 15.3 Å². The molecule has 0 aliphatic carbocycles. The van der Waals surface area contributed by atoms with Crippen LogP contribution in [-0.4, -0.2) is 45.4 Å². The lowest BCUT2D eigenvalue weighted by Crippen LogP contribution is -2.42. The summed E-state index contributed by atoms with van der Waals surface area (Å²) in [6.45, 7) is 4.65. The fourth-order valence-electron chi connectivity index (χ4n) is 3.38. The van der Waals surface area contributed by atoms with Gasteiger partial charge in [-0.1, -0.05) is 0 Å². The summed E-state index contributed by atoms with van der Waals surface area (Å²) in [5.41, 5.74) is 1.90. The number of rotatable bonds is 4. The molecule has 1 aliphatic rings. The number of likely N-dealkylation sites (tertiary alicyclic amines) is 1. The minimum Gasteiger partial charge on any atom is -0.478 e. The van der Waals surface area contributed by atoms with Gasteiger partial charge in [-0.2, -0.15) is 0 Å². The lowest BCUT2D eigenvalue weighted by Gasteiger charge is -2.33. The zero-order valence-corrected chi connectivity index (χ0v) is 15.9. The largest absolute Gasteiger partial charge is 0.478 e. The normalized spacial score (nSPS) is 16.5. The van der Waals surface area contributed by atoms with E-state index in [1.165, 1.54) is 18.3 Å². The highest BCUT2D eigenvalue weighted by Crippen LogP contribution is 2.22. The van der Waals surface area contributed by atoms with E-state index in [-0.39, 0.29) is 23.2 Å². The Hall–Kier alpha value is -3.22. The Morgan fingerprint density at radius 3 is 2.61 bits per heavy atom. The van der Waals surface area contributed by atoms with Crippen molar-refractivity contribution < 1.29 is 19.5 Å². The first-order valence-corrected chi connectivity index (χ1v) is 9.29. The highest BCUT2D eigenvalue weighted by molar-refractivity contribution is 6.05. The van der Waals surface area contributed by atoms with Crippen molar-refractivity contribution in [3.63, 3.8) is 0 Å². The maximum absolute atomic E-state index is 12.8. The van der Waals surface area contributed by atoms with Gasteiger partial charge in [0.15, 0.2) is 0 Å². The fraction of sp³-hybridized carbons (Fsp3) is 0.333. The third-order valence-electron chi connectivity index (χ3n) is 5.02. The van der Waals surface area contributed by atoms with Gasteiger partial charge in [-0.15, -0.1) is 0 Å². The third-order valence-corrected chi connectivity index (χ3v) is 5.02. The van der Waals surface area contributed by atoms with Crippen molar-refractivity contribution >= 4 is 23.5 Å². The quantitative estimate of drug-likeness (QED) is 0.846. The van der Waals surface area contributed by atoms with Gasteiger partial charge in [-0.25, -0.2) is 4.79 Å². The molecule has 1 aromatic carbocycles. The van der Waals surface area contributed by atoms with Crippen molar-refractivity contribution in [2.45, 2.75) is 39.2 Å². The SMILES string of the molecule is Cc1cc(C(=O)N2CCCCC2C)ccc1NC(=O)c1cc(C(=O)O)ccn1. The minimum absolute atomic E-state index is 0.00371. The first-order valence-electron chi connectivity index (χ1n) is 9.29. The lowest BCUT2D eigenvalue weighted by molar-refractivity contribution is 0.0634. The summed E-state index contributed by atoms with van der Waals surface area (Å²) in [7, 11) is 0. The number of pyridine rings is 1. The fourth-order valence-corrected chi connectivity index (χ4v) is 3.38. The van der Waals surface area contributed by atoms with E-state index in [0.29, 0.717) is 11.3 Å². The Balaban J connectivity index is 1.75. The molecule has 7 nitrogen and oxygen atoms in total. The standard InChI is InChI=1S/C21H23N3O4/c1-13-11-15(20(26)24-10-4-3-5-14(24)2)6-7-17(13)23-19(25)18-12-16(21(27)28)8-9-22-18/h6-9,11-12,14H,3-5,10H2,1-2H3,(H,23,25)(H,27,28). The Bertz CT molecular complexity index is 926. The number of carbonyl (C=O) groups excluding carboxylic acids is 2. The molecular formula is C21H23N3O4. The molecule has 1 aromatic heterocycles. The summed E-state index contributed by atoms with van der Waals surface area (Å²) in [5.74, 6) is -1.62. The summed E-state index contributed by atoms with van der Waals surface area (Å²) in [4.78, 5) is 42.1. The van der Waals surface area contributed by atoms with Crippen LogP contribution in [0.3, 0.4) is 0 Å². The Morgan fingerprint density at radius 1 is 1.14 bits per heavy atom. The van der Waals surface area contributed by atoms with Gasteiger partial charge in [0.1, 0.15) is 5.69 Å². The Kier molecular flexibility index (Phi) is 5.73. The van der Waals surface area contributed by atoms with Crippen LogP contribution in [0.2, 0.25) is 0 Å². The predicted molar refractivity (Wildman–Crippen MR) is 105 cm³/mol. The van der Waals surface area contributed by atoms with Crippen LogP contribution < -0.4 is 5.32 Å². The topological polar surface area (TPSA) is 99.6 Å². The van der Waals surface area contributed by atoms with E-state index in [1.807, 2.05) is 11.8 Å². The highest BCUT2D eigenvalue weighted by atomic mass is 16.4. The van der Waals surface area contributed by atoms with Gasteiger partial charge in [-0.3, -0.25) is 14.6 Å². The van der Waals surface area contributed by atoms with Gasteiger partial charge in [0.05, 0.1) is 5.56 Å². The minimum atomic E-state index is -1.12. The van der Waals surface area contributed by atoms with E-state index in [2.05, 4.69) is 17.2 Å². The summed E-state index contributed by atoms with van der Waals surface area (Å²) in [6, 6.07) is 7.94. The van der Waals surface area contributed by atoms with Gasteiger partial charge in [0.25, 0.3) is 11.8 Å². The molecule has 1 atom stereocenters. The lowest BCUT2D eigenvalue weighted by atomic mass is 10.0. The molecular weight excluding hydrogens is 358 g/mol. The van der Waals surface area contributed by atoms with Crippen molar-refractivity contribution in [3.8, 4) is 0 Å². The third kappa shape index (κ3) is 4.19. The second-order valence-corrected chi connectivity index (χ2v) is 7.06. The molecule has 28 heavy (non-hydrogen) atoms. The second-order valence-electron chi connectivity index (χ2n) is 7.06. The van der Waals surface area contributed by atoms with Crippen molar-refractivity contribution in [2.75, 3.05) is 11.9 Å². The van der Waals surface area contributed by atoms with Crippen LogP contribution in [0, 0.1) is 6.92 Å². The van der Waals surface area contributed by atoms with Crippen LogP contribution in [-0.2, 0) is 0 Å². The van der Waals surface area contributed by atoms with E-state index in [0.717, 1.165) is 31.4 Å². The van der Waals surface area contributed by atoms with Crippen LogP contribution in [0.15, 0.2) is 36.5 Å². The van der Waals surface area contributed by atoms with Crippen LogP contribution in [0.5, 0.6) is 0 Å². The maximum atomic E-state index is 12.8. The number of amides is 2. The average molecular weight is 381 g/mol. The van der Waals surface area contributed by atoms with Crippen molar-refractivity contribution in [3.05, 3.63) is 58.9 Å². The van der Waals surface area contributed by atoms with Gasteiger partial charge in [-0.05, 0) is 69.0 Å². The molecule has 2 aromatic rings. The number of carboxylic acids is 1. The summed E-state index contributed by atoms with van der Waals surface area (Å²) >= 11 is 0. The number of carboxylic acid groups (broad SMARTS) is 1. The van der Waals surface area contributed by atoms with Crippen LogP contribution in [0.25, 0.3) is 0 Å². The van der Waals surface area contributed by atoms with E-state index >= 15 is 0 Å². The number of aromatic carboxylic acids is 1. The number of hydrogen-bond donors (Lipinski definition) is 2. The smallest absolute Gasteiger partial charge is 0.335 e. The Labute approximate surface area is 163 Å². The van der Waals surface area contributed by atoms with Gasteiger partial charge >= 0.3 is 5.97 Å². The van der Waals surface area contributed by atoms with E-state index in [4.69, 9.17) is 5.11 Å².